The Morgan fingerprint density at radius 1 is 0.837 bits per heavy atom. The highest BCUT2D eigenvalue weighted by Gasteiger charge is 2.61. The molecule has 0 radical (unpaired) electrons. The predicted molar refractivity (Wildman–Crippen MR) is 164 cm³/mol. The van der Waals surface area contributed by atoms with Crippen LogP contribution in [0.5, 0.6) is 0 Å². The van der Waals surface area contributed by atoms with Gasteiger partial charge in [-0.2, -0.15) is 8.78 Å². The van der Waals surface area contributed by atoms with Gasteiger partial charge in [0.2, 0.25) is 0 Å². The molecule has 0 amide bonds. The summed E-state index contributed by atoms with van der Waals surface area (Å²) >= 11 is 0. The average Bonchev–Trinajstić information content (AvgIpc) is 2.97. The number of carbonyl (C=O) groups excluding carboxylic acids is 2. The van der Waals surface area contributed by atoms with E-state index in [0.717, 1.165) is 19.3 Å². The van der Waals surface area contributed by atoms with Gasteiger partial charge in [-0.3, -0.25) is 0 Å². The number of hydrogen-bond donors (Lipinski definition) is 0. The van der Waals surface area contributed by atoms with E-state index in [1.807, 2.05) is 0 Å². The van der Waals surface area contributed by atoms with E-state index in [4.69, 9.17) is 9.47 Å². The first-order chi connectivity index (χ1) is 20.5. The fourth-order valence-corrected chi connectivity index (χ4v) is 9.46. The smallest absolute Gasteiger partial charge is 0.377 e. The molecule has 0 aliphatic heterocycles. The Labute approximate surface area is 255 Å². The average molecular weight is 606 g/mol. The molecule has 2 unspecified atom stereocenters. The third-order valence-electron chi connectivity index (χ3n) is 8.59. The van der Waals surface area contributed by atoms with Gasteiger partial charge in [0.1, 0.15) is 5.60 Å². The van der Waals surface area contributed by atoms with Gasteiger partial charge in [0.15, 0.2) is 14.7 Å². The molecule has 0 heterocycles. The molecule has 4 saturated carbocycles. The van der Waals surface area contributed by atoms with Crippen molar-refractivity contribution in [2.75, 3.05) is 6.61 Å². The lowest BCUT2D eigenvalue weighted by Gasteiger charge is -2.60. The minimum absolute atomic E-state index is 0.0146. The lowest BCUT2D eigenvalue weighted by atomic mass is 9.48. The number of rotatable bonds is 8. The van der Waals surface area contributed by atoms with Gasteiger partial charge in [0.25, 0.3) is 0 Å². The topological polar surface area (TPSA) is 52.6 Å². The summed E-state index contributed by atoms with van der Waals surface area (Å²) in [6.07, 6.45) is 4.61. The van der Waals surface area contributed by atoms with Crippen LogP contribution in [0.4, 0.5) is 8.78 Å². The SMILES string of the molecule is C=C(C)C(=O)OCC12CC3CC(C1)CC(OC(=O)C(C)(F)F)(C3)C2.c1ccc([S+](c2ccccc2)c2ccccc2)cc1. The van der Waals surface area contributed by atoms with Crippen LogP contribution < -0.4 is 0 Å². The lowest BCUT2D eigenvalue weighted by Crippen LogP contribution is -2.59. The third-order valence-corrected chi connectivity index (χ3v) is 10.8. The van der Waals surface area contributed by atoms with Crippen LogP contribution in [0.1, 0.15) is 52.4 Å². The molecular weight excluding hydrogens is 566 g/mol. The van der Waals surface area contributed by atoms with Crippen LogP contribution in [0, 0.1) is 17.3 Å². The number of alkyl halides is 2. The van der Waals surface area contributed by atoms with Crippen molar-refractivity contribution >= 4 is 22.8 Å². The van der Waals surface area contributed by atoms with Crippen LogP contribution in [0.3, 0.4) is 0 Å². The number of halogens is 2. The molecule has 7 heteroatoms. The molecule has 4 fully saturated rings. The molecule has 3 aromatic rings. The highest BCUT2D eigenvalue weighted by Crippen LogP contribution is 2.63. The van der Waals surface area contributed by atoms with Crippen molar-refractivity contribution in [3.8, 4) is 0 Å². The predicted octanol–water partition coefficient (Wildman–Crippen LogP) is 8.43. The Kier molecular flexibility index (Phi) is 9.12. The maximum absolute atomic E-state index is 13.3. The summed E-state index contributed by atoms with van der Waals surface area (Å²) in [7, 11) is -0.0146. The minimum atomic E-state index is -3.48. The van der Waals surface area contributed by atoms with Gasteiger partial charge in [-0.05, 0) is 93.7 Å². The van der Waals surface area contributed by atoms with Gasteiger partial charge in [-0.25, -0.2) is 9.59 Å². The van der Waals surface area contributed by atoms with Crippen molar-refractivity contribution in [3.63, 3.8) is 0 Å². The van der Waals surface area contributed by atoms with E-state index < -0.39 is 23.5 Å². The second kappa shape index (κ2) is 12.7. The molecule has 4 nitrogen and oxygen atoms in total. The number of benzene rings is 3. The Morgan fingerprint density at radius 3 is 1.67 bits per heavy atom. The van der Waals surface area contributed by atoms with Crippen molar-refractivity contribution in [1.29, 1.82) is 0 Å². The molecule has 2 atom stereocenters. The van der Waals surface area contributed by atoms with E-state index in [9.17, 15) is 18.4 Å². The molecular formula is C36H39F2O4S+. The zero-order valence-electron chi connectivity index (χ0n) is 24.8. The summed E-state index contributed by atoms with van der Waals surface area (Å²) in [5.41, 5.74) is -0.749. The van der Waals surface area contributed by atoms with Gasteiger partial charge >= 0.3 is 17.9 Å². The van der Waals surface area contributed by atoms with Gasteiger partial charge in [0.05, 0.1) is 17.5 Å². The second-order valence-electron chi connectivity index (χ2n) is 12.5. The summed E-state index contributed by atoms with van der Waals surface area (Å²) in [6.45, 7) is 5.98. The molecule has 0 N–H and O–H groups in total. The zero-order valence-corrected chi connectivity index (χ0v) is 25.6. The third kappa shape index (κ3) is 7.38. The summed E-state index contributed by atoms with van der Waals surface area (Å²) in [4.78, 5) is 27.5. The molecule has 0 spiro atoms. The van der Waals surface area contributed by atoms with E-state index in [1.54, 1.807) is 6.92 Å². The lowest BCUT2D eigenvalue weighted by molar-refractivity contribution is -0.224. The number of hydrogen-bond acceptors (Lipinski definition) is 4. The fraction of sp³-hybridized carbons (Fsp3) is 0.389. The van der Waals surface area contributed by atoms with Crippen LogP contribution in [0.25, 0.3) is 0 Å². The van der Waals surface area contributed by atoms with Crippen molar-refractivity contribution in [2.45, 2.75) is 78.6 Å². The van der Waals surface area contributed by atoms with Crippen molar-refractivity contribution in [3.05, 3.63) is 103 Å². The number of ether oxygens (including phenoxy) is 2. The molecule has 0 saturated heterocycles. The largest absolute Gasteiger partial charge is 0.462 e. The highest BCUT2D eigenvalue weighted by molar-refractivity contribution is 7.97. The zero-order chi connectivity index (χ0) is 30.7. The Balaban J connectivity index is 0.000000176. The number of carbonyl (C=O) groups is 2. The van der Waals surface area contributed by atoms with Crippen molar-refractivity contribution < 1.29 is 27.8 Å². The minimum Gasteiger partial charge on any atom is -0.462 e. The number of esters is 2. The fourth-order valence-electron chi connectivity index (χ4n) is 7.36. The van der Waals surface area contributed by atoms with E-state index in [2.05, 4.69) is 97.6 Å². The van der Waals surface area contributed by atoms with Crippen molar-refractivity contribution in [1.82, 2.24) is 0 Å². The molecule has 43 heavy (non-hydrogen) atoms. The van der Waals surface area contributed by atoms with Crippen LogP contribution in [-0.2, 0) is 30.0 Å². The molecule has 3 aromatic carbocycles. The van der Waals surface area contributed by atoms with Gasteiger partial charge < -0.3 is 9.47 Å². The summed E-state index contributed by atoms with van der Waals surface area (Å²) in [5, 5.41) is 0. The van der Waals surface area contributed by atoms with Crippen LogP contribution >= 0.6 is 0 Å². The molecule has 4 aliphatic rings. The maximum Gasteiger partial charge on any atom is 0.377 e. The quantitative estimate of drug-likeness (QED) is 0.147. The van der Waals surface area contributed by atoms with Gasteiger partial charge in [-0.1, -0.05) is 61.2 Å². The standard InChI is InChI=1S/C18H24F2O4.C18H15S/c1-11(2)14(21)23-10-17-5-12-4-13(6-17)8-18(7-12,9-17)24-15(22)16(3,19)20;1-4-10-16(11-5-1)19(17-12-6-2-7-13-17)18-14-8-3-9-15-18/h12-13H,1,4-10H2,2-3H3;1-15H/q;+1. The highest BCUT2D eigenvalue weighted by atomic mass is 32.2. The van der Waals surface area contributed by atoms with Crippen LogP contribution in [-0.4, -0.2) is 30.1 Å². The molecule has 4 aliphatic carbocycles. The van der Waals surface area contributed by atoms with E-state index >= 15 is 0 Å². The molecule has 226 valence electrons. The molecule has 0 aromatic heterocycles. The van der Waals surface area contributed by atoms with Gasteiger partial charge in [-0.15, -0.1) is 0 Å². The van der Waals surface area contributed by atoms with E-state index in [-0.39, 0.29) is 22.9 Å². The molecule has 4 bridgehead atoms. The Morgan fingerprint density at radius 2 is 1.28 bits per heavy atom. The summed E-state index contributed by atoms with van der Waals surface area (Å²) in [6, 6.07) is 32.2. The first kappa shape index (κ1) is 31.0. The summed E-state index contributed by atoms with van der Waals surface area (Å²) < 4.78 is 37.3. The molecule has 7 rings (SSSR count). The van der Waals surface area contributed by atoms with E-state index in [0.29, 0.717) is 43.6 Å². The Bertz CT molecular complexity index is 1310. The Hall–Kier alpha value is -3.45. The van der Waals surface area contributed by atoms with Gasteiger partial charge in [0, 0.05) is 17.9 Å². The normalized spacial score (nSPS) is 25.4. The monoisotopic (exact) mass is 605 g/mol. The van der Waals surface area contributed by atoms with Crippen LogP contribution in [0.2, 0.25) is 0 Å². The summed E-state index contributed by atoms with van der Waals surface area (Å²) in [5.74, 6) is -4.68. The second-order valence-corrected chi connectivity index (χ2v) is 14.6. The van der Waals surface area contributed by atoms with Crippen molar-refractivity contribution in [2.24, 2.45) is 17.3 Å². The first-order valence-electron chi connectivity index (χ1n) is 14.8. The van der Waals surface area contributed by atoms with E-state index in [1.165, 1.54) is 14.7 Å². The van der Waals surface area contributed by atoms with Crippen LogP contribution in [0.15, 0.2) is 118 Å². The first-order valence-corrected chi connectivity index (χ1v) is 16.0. The maximum atomic E-state index is 13.3.